The number of carbonyl (C=O) groups excluding carboxylic acids is 2. The first-order chi connectivity index (χ1) is 6.65. The van der Waals surface area contributed by atoms with Crippen LogP contribution in [0.4, 0.5) is 0 Å². The fourth-order valence-electron chi connectivity index (χ4n) is 0.755. The normalized spacial score (nSPS) is 11.1. The van der Waals surface area contributed by atoms with E-state index < -0.39 is 11.9 Å². The third kappa shape index (κ3) is 4.35. The van der Waals surface area contributed by atoms with Gasteiger partial charge in [-0.1, -0.05) is 18.7 Å². The molecule has 0 amide bonds. The van der Waals surface area contributed by atoms with Gasteiger partial charge in [0.25, 0.3) is 0 Å². The summed E-state index contributed by atoms with van der Waals surface area (Å²) in [4.78, 5) is 22.2. The van der Waals surface area contributed by atoms with Gasteiger partial charge in [0.1, 0.15) is 13.0 Å². The average Bonchev–Trinajstić information content (AvgIpc) is 2.16. The summed E-state index contributed by atoms with van der Waals surface area (Å²) in [5, 5.41) is 6.89. The number of carbonyl (C=O) groups is 2. The first kappa shape index (κ1) is 12.3. The maximum absolute atomic E-state index is 11.2. The monoisotopic (exact) mass is 195 g/mol. The molecule has 0 rings (SSSR count). The van der Waals surface area contributed by atoms with Gasteiger partial charge in [-0.25, -0.2) is 0 Å². The number of esters is 1. The SMILES string of the molecule is C=CCOC(=O)CC(=O)C(C=C)C=N. The fourth-order valence-corrected chi connectivity index (χ4v) is 0.755. The molecule has 76 valence electrons. The minimum absolute atomic E-state index is 0.0927. The van der Waals surface area contributed by atoms with Crippen LogP contribution in [-0.2, 0) is 14.3 Å². The molecule has 0 heterocycles. The Labute approximate surface area is 82.8 Å². The molecule has 0 aromatic carbocycles. The lowest BCUT2D eigenvalue weighted by atomic mass is 10.0. The molecule has 14 heavy (non-hydrogen) atoms. The lowest BCUT2D eigenvalue weighted by Crippen LogP contribution is -2.18. The molecule has 0 aromatic rings. The molecule has 1 unspecified atom stereocenters. The molecule has 0 saturated heterocycles. The van der Waals surface area contributed by atoms with Crippen LogP contribution in [0.3, 0.4) is 0 Å². The number of Topliss-reactive ketones (excluding diaryl/α,β-unsaturated/α-hetero) is 1. The van der Waals surface area contributed by atoms with Crippen molar-refractivity contribution in [3.8, 4) is 0 Å². The number of hydrogen-bond donors (Lipinski definition) is 1. The molecule has 1 atom stereocenters. The lowest BCUT2D eigenvalue weighted by molar-refractivity contribution is -0.145. The van der Waals surface area contributed by atoms with E-state index >= 15 is 0 Å². The number of ketones is 1. The predicted octanol–water partition coefficient (Wildman–Crippen LogP) is 1.13. The lowest BCUT2D eigenvalue weighted by Gasteiger charge is -2.04. The Morgan fingerprint density at radius 3 is 2.50 bits per heavy atom. The van der Waals surface area contributed by atoms with E-state index in [-0.39, 0.29) is 18.8 Å². The number of rotatable bonds is 7. The summed E-state index contributed by atoms with van der Waals surface area (Å²) in [6, 6.07) is 0. The Bertz CT molecular complexity index is 250. The van der Waals surface area contributed by atoms with Gasteiger partial charge in [0, 0.05) is 6.21 Å². The summed E-state index contributed by atoms with van der Waals surface area (Å²) in [5.41, 5.74) is 0. The third-order valence-electron chi connectivity index (χ3n) is 1.49. The van der Waals surface area contributed by atoms with E-state index in [1.807, 2.05) is 0 Å². The van der Waals surface area contributed by atoms with E-state index in [0.29, 0.717) is 0 Å². The van der Waals surface area contributed by atoms with E-state index in [1.165, 1.54) is 12.2 Å². The number of allylic oxidation sites excluding steroid dienone is 1. The topological polar surface area (TPSA) is 67.2 Å². The number of ether oxygens (including phenoxy) is 1. The van der Waals surface area contributed by atoms with Crippen LogP contribution in [0.1, 0.15) is 6.42 Å². The van der Waals surface area contributed by atoms with Crippen LogP contribution in [0.15, 0.2) is 25.3 Å². The van der Waals surface area contributed by atoms with Crippen molar-refractivity contribution in [2.45, 2.75) is 6.42 Å². The van der Waals surface area contributed by atoms with Gasteiger partial charge < -0.3 is 10.1 Å². The molecule has 0 spiro atoms. The van der Waals surface area contributed by atoms with Crippen LogP contribution in [0.25, 0.3) is 0 Å². The van der Waals surface area contributed by atoms with E-state index in [0.717, 1.165) is 6.21 Å². The van der Waals surface area contributed by atoms with Crippen molar-refractivity contribution in [2.24, 2.45) is 5.92 Å². The van der Waals surface area contributed by atoms with E-state index in [2.05, 4.69) is 17.9 Å². The highest BCUT2D eigenvalue weighted by molar-refractivity contribution is 6.04. The van der Waals surface area contributed by atoms with Gasteiger partial charge in [0.2, 0.25) is 0 Å². The summed E-state index contributed by atoms with van der Waals surface area (Å²) in [5.74, 6) is -1.70. The van der Waals surface area contributed by atoms with Crippen molar-refractivity contribution < 1.29 is 14.3 Å². The van der Waals surface area contributed by atoms with Gasteiger partial charge >= 0.3 is 5.97 Å². The van der Waals surface area contributed by atoms with Gasteiger partial charge in [-0.2, -0.15) is 0 Å². The third-order valence-corrected chi connectivity index (χ3v) is 1.49. The molecule has 0 bridgehead atoms. The Kier molecular flexibility index (Phi) is 5.94. The van der Waals surface area contributed by atoms with Gasteiger partial charge in [-0.05, 0) is 0 Å². The molecular weight excluding hydrogens is 182 g/mol. The molecule has 0 aromatic heterocycles. The first-order valence-electron chi connectivity index (χ1n) is 4.08. The highest BCUT2D eigenvalue weighted by Gasteiger charge is 2.16. The fraction of sp³-hybridized carbons (Fsp3) is 0.300. The van der Waals surface area contributed by atoms with Crippen molar-refractivity contribution >= 4 is 18.0 Å². The highest BCUT2D eigenvalue weighted by Crippen LogP contribution is 2.01. The second-order valence-corrected chi connectivity index (χ2v) is 2.54. The molecule has 4 nitrogen and oxygen atoms in total. The standard InChI is InChI=1S/C10H13NO3/c1-3-5-14-10(13)6-9(12)8(4-2)7-11/h3-4,7-8,11H,1-2,5-6H2. The zero-order valence-electron chi connectivity index (χ0n) is 7.86. The minimum atomic E-state index is -0.703. The maximum atomic E-state index is 11.2. The number of hydrogen-bond acceptors (Lipinski definition) is 4. The Balaban J connectivity index is 4.03. The van der Waals surface area contributed by atoms with E-state index in [4.69, 9.17) is 5.41 Å². The smallest absolute Gasteiger partial charge is 0.313 e. The molecule has 1 N–H and O–H groups in total. The van der Waals surface area contributed by atoms with Crippen molar-refractivity contribution in [2.75, 3.05) is 6.61 Å². The van der Waals surface area contributed by atoms with E-state index in [1.54, 1.807) is 0 Å². The van der Waals surface area contributed by atoms with Gasteiger partial charge in [0.05, 0.1) is 5.92 Å². The van der Waals surface area contributed by atoms with E-state index in [9.17, 15) is 9.59 Å². The van der Waals surface area contributed by atoms with Crippen molar-refractivity contribution in [1.82, 2.24) is 0 Å². The van der Waals surface area contributed by atoms with Crippen LogP contribution < -0.4 is 0 Å². The summed E-state index contributed by atoms with van der Waals surface area (Å²) < 4.78 is 4.61. The Hall–Kier alpha value is -1.71. The van der Waals surface area contributed by atoms with Crippen molar-refractivity contribution in [3.05, 3.63) is 25.3 Å². The summed E-state index contributed by atoms with van der Waals surface area (Å²) in [6.45, 7) is 6.84. The molecule has 4 heteroatoms. The van der Waals surface area contributed by atoms with Gasteiger partial charge in [0.15, 0.2) is 5.78 Å². The minimum Gasteiger partial charge on any atom is -0.461 e. The van der Waals surface area contributed by atoms with Gasteiger partial charge in [-0.15, -0.1) is 6.58 Å². The Morgan fingerprint density at radius 1 is 1.43 bits per heavy atom. The molecular formula is C10H13NO3. The summed E-state index contributed by atoms with van der Waals surface area (Å²) in [6.07, 6.45) is 3.34. The van der Waals surface area contributed by atoms with Crippen molar-refractivity contribution in [1.29, 1.82) is 5.41 Å². The van der Waals surface area contributed by atoms with Crippen LogP contribution in [0.2, 0.25) is 0 Å². The zero-order valence-corrected chi connectivity index (χ0v) is 7.86. The maximum Gasteiger partial charge on any atom is 0.313 e. The molecule has 0 aliphatic carbocycles. The largest absolute Gasteiger partial charge is 0.461 e. The molecule has 0 saturated carbocycles. The molecule has 0 aliphatic heterocycles. The molecule has 0 radical (unpaired) electrons. The van der Waals surface area contributed by atoms with Crippen LogP contribution in [-0.4, -0.2) is 24.6 Å². The molecule has 0 fully saturated rings. The summed E-state index contributed by atoms with van der Waals surface area (Å²) >= 11 is 0. The zero-order chi connectivity index (χ0) is 11.0. The predicted molar refractivity (Wildman–Crippen MR) is 53.3 cm³/mol. The second-order valence-electron chi connectivity index (χ2n) is 2.54. The average molecular weight is 195 g/mol. The van der Waals surface area contributed by atoms with Gasteiger partial charge in [-0.3, -0.25) is 9.59 Å². The van der Waals surface area contributed by atoms with Crippen LogP contribution in [0, 0.1) is 11.3 Å². The highest BCUT2D eigenvalue weighted by atomic mass is 16.5. The molecule has 0 aliphatic rings. The Morgan fingerprint density at radius 2 is 2.07 bits per heavy atom. The second kappa shape index (κ2) is 6.77. The number of nitrogens with one attached hydrogen (secondary N) is 1. The van der Waals surface area contributed by atoms with Crippen LogP contribution >= 0.6 is 0 Å². The van der Waals surface area contributed by atoms with Crippen LogP contribution in [0.5, 0.6) is 0 Å². The summed E-state index contributed by atoms with van der Waals surface area (Å²) in [7, 11) is 0. The first-order valence-corrected chi connectivity index (χ1v) is 4.08. The quantitative estimate of drug-likeness (QED) is 0.286. The van der Waals surface area contributed by atoms with Crippen molar-refractivity contribution in [3.63, 3.8) is 0 Å².